The van der Waals surface area contributed by atoms with Crippen LogP contribution in [0.4, 0.5) is 4.79 Å². The predicted molar refractivity (Wildman–Crippen MR) is 65.4 cm³/mol. The SMILES string of the molecule is Cc1cnc(C(C)NC(=O)NCC(O)C(=O)O)s1. The minimum Gasteiger partial charge on any atom is -0.479 e. The molecule has 0 aliphatic heterocycles. The van der Waals surface area contributed by atoms with Gasteiger partial charge >= 0.3 is 12.0 Å². The lowest BCUT2D eigenvalue weighted by Gasteiger charge is -2.13. The van der Waals surface area contributed by atoms with Gasteiger partial charge in [-0.15, -0.1) is 11.3 Å². The number of hydrogen-bond donors (Lipinski definition) is 4. The number of hydrogen-bond acceptors (Lipinski definition) is 5. The van der Waals surface area contributed by atoms with Crippen LogP contribution in [0.2, 0.25) is 0 Å². The van der Waals surface area contributed by atoms with Gasteiger partial charge in [0.2, 0.25) is 0 Å². The van der Waals surface area contributed by atoms with Crippen LogP contribution in [0.5, 0.6) is 0 Å². The Balaban J connectivity index is 2.38. The largest absolute Gasteiger partial charge is 0.479 e. The molecule has 18 heavy (non-hydrogen) atoms. The molecule has 7 nitrogen and oxygen atoms in total. The van der Waals surface area contributed by atoms with E-state index in [9.17, 15) is 9.59 Å². The Kier molecular flexibility index (Phi) is 5.05. The van der Waals surface area contributed by atoms with Crippen molar-refractivity contribution in [2.75, 3.05) is 6.54 Å². The van der Waals surface area contributed by atoms with E-state index in [1.165, 1.54) is 11.3 Å². The van der Waals surface area contributed by atoms with Crippen molar-refractivity contribution in [2.45, 2.75) is 26.0 Å². The van der Waals surface area contributed by atoms with Crippen LogP contribution < -0.4 is 10.6 Å². The normalized spacial score (nSPS) is 13.7. The first-order valence-corrected chi connectivity index (χ1v) is 6.09. The van der Waals surface area contributed by atoms with E-state index in [1.54, 1.807) is 13.1 Å². The number of carbonyl (C=O) groups is 2. The van der Waals surface area contributed by atoms with Crippen LogP contribution >= 0.6 is 11.3 Å². The third-order valence-corrected chi connectivity index (χ3v) is 3.19. The lowest BCUT2D eigenvalue weighted by molar-refractivity contribution is -0.146. The molecule has 2 atom stereocenters. The number of rotatable bonds is 5. The number of urea groups is 1. The molecule has 2 amide bonds. The van der Waals surface area contributed by atoms with Gasteiger partial charge in [-0.2, -0.15) is 0 Å². The Morgan fingerprint density at radius 1 is 1.56 bits per heavy atom. The summed E-state index contributed by atoms with van der Waals surface area (Å²) in [6.07, 6.45) is 0.109. The second-order valence-electron chi connectivity index (χ2n) is 3.74. The van der Waals surface area contributed by atoms with Gasteiger partial charge in [-0.1, -0.05) is 0 Å². The molecule has 2 unspecified atom stereocenters. The Morgan fingerprint density at radius 3 is 2.72 bits per heavy atom. The number of carbonyl (C=O) groups excluding carboxylic acids is 1. The molecular weight excluding hydrogens is 258 g/mol. The van der Waals surface area contributed by atoms with Crippen LogP contribution in [0, 0.1) is 6.92 Å². The summed E-state index contributed by atoms with van der Waals surface area (Å²) in [4.78, 5) is 26.9. The maximum atomic E-state index is 11.4. The fourth-order valence-electron chi connectivity index (χ4n) is 1.16. The zero-order valence-corrected chi connectivity index (χ0v) is 10.8. The Labute approximate surface area is 108 Å². The zero-order valence-electron chi connectivity index (χ0n) is 10.0. The molecule has 1 aromatic rings. The molecule has 0 aliphatic rings. The fourth-order valence-corrected chi connectivity index (χ4v) is 1.93. The summed E-state index contributed by atoms with van der Waals surface area (Å²) in [5.74, 6) is -1.38. The monoisotopic (exact) mass is 273 g/mol. The van der Waals surface area contributed by atoms with Gasteiger partial charge < -0.3 is 20.8 Å². The Morgan fingerprint density at radius 2 is 2.22 bits per heavy atom. The van der Waals surface area contributed by atoms with Crippen molar-refractivity contribution >= 4 is 23.3 Å². The van der Waals surface area contributed by atoms with Crippen molar-refractivity contribution < 1.29 is 19.8 Å². The van der Waals surface area contributed by atoms with Crippen LogP contribution in [0.3, 0.4) is 0 Å². The molecule has 0 spiro atoms. The molecule has 0 radical (unpaired) electrons. The van der Waals surface area contributed by atoms with E-state index < -0.39 is 18.1 Å². The maximum absolute atomic E-state index is 11.4. The smallest absolute Gasteiger partial charge is 0.334 e. The summed E-state index contributed by atoms with van der Waals surface area (Å²) in [6.45, 7) is 3.34. The number of aliphatic carboxylic acids is 1. The first-order chi connectivity index (χ1) is 8.40. The number of aromatic nitrogens is 1. The van der Waals surface area contributed by atoms with Crippen molar-refractivity contribution in [3.63, 3.8) is 0 Å². The van der Waals surface area contributed by atoms with Gasteiger partial charge in [0.1, 0.15) is 5.01 Å². The van der Waals surface area contributed by atoms with E-state index in [1.807, 2.05) is 6.92 Å². The van der Waals surface area contributed by atoms with Gasteiger partial charge in [0.15, 0.2) is 6.10 Å². The average Bonchev–Trinajstić information content (AvgIpc) is 2.72. The second-order valence-corrected chi connectivity index (χ2v) is 5.01. The number of nitrogens with zero attached hydrogens (tertiary/aromatic N) is 1. The van der Waals surface area contributed by atoms with Crippen molar-refractivity contribution in [2.24, 2.45) is 0 Å². The molecule has 100 valence electrons. The van der Waals surface area contributed by atoms with Crippen molar-refractivity contribution in [3.8, 4) is 0 Å². The summed E-state index contributed by atoms with van der Waals surface area (Å²) in [5.41, 5.74) is 0. The highest BCUT2D eigenvalue weighted by molar-refractivity contribution is 7.11. The van der Waals surface area contributed by atoms with Gasteiger partial charge in [-0.25, -0.2) is 14.6 Å². The van der Waals surface area contributed by atoms with E-state index in [0.717, 1.165) is 9.88 Å². The number of amides is 2. The Hall–Kier alpha value is -1.67. The van der Waals surface area contributed by atoms with E-state index in [-0.39, 0.29) is 12.6 Å². The summed E-state index contributed by atoms with van der Waals surface area (Å²) < 4.78 is 0. The first-order valence-electron chi connectivity index (χ1n) is 5.27. The van der Waals surface area contributed by atoms with E-state index in [2.05, 4.69) is 15.6 Å². The molecule has 0 saturated carbocycles. The summed E-state index contributed by atoms with van der Waals surface area (Å²) >= 11 is 1.47. The highest BCUT2D eigenvalue weighted by atomic mass is 32.1. The summed E-state index contributed by atoms with van der Waals surface area (Å²) in [6, 6.07) is -0.818. The van der Waals surface area contributed by atoms with Crippen LogP contribution in [0.25, 0.3) is 0 Å². The van der Waals surface area contributed by atoms with Crippen LogP contribution in [0.1, 0.15) is 22.9 Å². The molecule has 1 heterocycles. The second kappa shape index (κ2) is 6.31. The summed E-state index contributed by atoms with van der Waals surface area (Å²) in [7, 11) is 0. The van der Waals surface area contributed by atoms with Gasteiger partial charge in [-0.3, -0.25) is 0 Å². The van der Waals surface area contributed by atoms with Crippen LogP contribution in [-0.4, -0.2) is 39.8 Å². The predicted octanol–water partition coefficient (Wildman–Crippen LogP) is 0.257. The topological polar surface area (TPSA) is 112 Å². The minimum absolute atomic E-state index is 0.273. The minimum atomic E-state index is -1.60. The van der Waals surface area contributed by atoms with Gasteiger partial charge in [-0.05, 0) is 13.8 Å². The molecule has 1 rings (SSSR count). The number of nitrogens with one attached hydrogen (secondary N) is 2. The molecule has 0 bridgehead atoms. The molecule has 0 aliphatic carbocycles. The number of aryl methyl sites for hydroxylation is 1. The lowest BCUT2D eigenvalue weighted by atomic mass is 10.3. The van der Waals surface area contributed by atoms with Crippen molar-refractivity contribution in [3.05, 3.63) is 16.1 Å². The van der Waals surface area contributed by atoms with Crippen LogP contribution in [-0.2, 0) is 4.79 Å². The zero-order chi connectivity index (χ0) is 13.7. The number of carboxylic acids is 1. The standard InChI is InChI=1S/C10H15N3O4S/c1-5-3-11-8(18-5)6(2)13-10(17)12-4-7(14)9(15)16/h3,6-7,14H,4H2,1-2H3,(H,15,16)(H2,12,13,17). The maximum Gasteiger partial charge on any atom is 0.334 e. The van der Waals surface area contributed by atoms with Gasteiger partial charge in [0.25, 0.3) is 0 Å². The van der Waals surface area contributed by atoms with E-state index >= 15 is 0 Å². The van der Waals surface area contributed by atoms with Crippen molar-refractivity contribution in [1.82, 2.24) is 15.6 Å². The summed E-state index contributed by atoms with van der Waals surface area (Å²) in [5, 5.41) is 23.0. The molecule has 4 N–H and O–H groups in total. The number of thiazole rings is 1. The molecule has 0 fully saturated rings. The third kappa shape index (κ3) is 4.30. The van der Waals surface area contributed by atoms with E-state index in [4.69, 9.17) is 10.2 Å². The first kappa shape index (κ1) is 14.4. The number of aliphatic hydroxyl groups excluding tert-OH is 1. The van der Waals surface area contributed by atoms with Crippen molar-refractivity contribution in [1.29, 1.82) is 0 Å². The molecular formula is C10H15N3O4S. The lowest BCUT2D eigenvalue weighted by Crippen LogP contribution is -2.42. The number of aliphatic hydroxyl groups is 1. The van der Waals surface area contributed by atoms with Gasteiger partial charge in [0, 0.05) is 11.1 Å². The highest BCUT2D eigenvalue weighted by Crippen LogP contribution is 2.18. The fraction of sp³-hybridized carbons (Fsp3) is 0.500. The Bertz CT molecular complexity index is 435. The number of carboxylic acid groups (broad SMARTS) is 1. The molecule has 1 aromatic heterocycles. The highest BCUT2D eigenvalue weighted by Gasteiger charge is 2.16. The van der Waals surface area contributed by atoms with Crippen LogP contribution in [0.15, 0.2) is 6.20 Å². The molecule has 0 aromatic carbocycles. The third-order valence-electron chi connectivity index (χ3n) is 2.10. The quantitative estimate of drug-likeness (QED) is 0.615. The average molecular weight is 273 g/mol. The van der Waals surface area contributed by atoms with Gasteiger partial charge in [0.05, 0.1) is 12.6 Å². The molecule has 0 saturated heterocycles. The molecule has 8 heteroatoms. The van der Waals surface area contributed by atoms with E-state index in [0.29, 0.717) is 0 Å².